The summed E-state index contributed by atoms with van der Waals surface area (Å²) in [4.78, 5) is 13.8. The lowest BCUT2D eigenvalue weighted by atomic mass is 10.0. The van der Waals surface area contributed by atoms with Crippen LogP contribution in [0.4, 0.5) is 0 Å². The monoisotopic (exact) mass is 248 g/mol. The summed E-state index contributed by atoms with van der Waals surface area (Å²) in [6, 6.07) is 8.46. The molecule has 0 aliphatic heterocycles. The number of hydrogen-bond donors (Lipinski definition) is 1. The van der Waals surface area contributed by atoms with Gasteiger partial charge < -0.3 is 10.6 Å². The molecule has 0 aromatic heterocycles. The number of nitrogens with zero attached hydrogens (tertiary/aromatic N) is 1. The Morgan fingerprint density at radius 2 is 1.89 bits per heavy atom. The van der Waals surface area contributed by atoms with E-state index in [4.69, 9.17) is 5.73 Å². The maximum absolute atomic E-state index is 12.0. The lowest BCUT2D eigenvalue weighted by Crippen LogP contribution is -2.29. The van der Waals surface area contributed by atoms with Crippen molar-refractivity contribution in [2.24, 2.45) is 5.73 Å². The van der Waals surface area contributed by atoms with Crippen molar-refractivity contribution in [1.82, 2.24) is 4.90 Å². The predicted molar refractivity (Wildman–Crippen MR) is 75.3 cm³/mol. The molecule has 0 bridgehead atoms. The molecule has 1 unspecified atom stereocenters. The fourth-order valence-corrected chi connectivity index (χ4v) is 1.88. The van der Waals surface area contributed by atoms with Crippen LogP contribution in [0.2, 0.25) is 0 Å². The van der Waals surface area contributed by atoms with Gasteiger partial charge in [-0.05, 0) is 38.8 Å². The Bertz CT molecular complexity index is 373. The Labute approximate surface area is 110 Å². The first-order valence-electron chi connectivity index (χ1n) is 6.58. The van der Waals surface area contributed by atoms with Crippen LogP contribution in [0.5, 0.6) is 0 Å². The van der Waals surface area contributed by atoms with Gasteiger partial charge in [-0.15, -0.1) is 0 Å². The number of carbonyl (C=O) groups excluding carboxylic acids is 1. The highest BCUT2D eigenvalue weighted by atomic mass is 16.2. The lowest BCUT2D eigenvalue weighted by Gasteiger charge is -2.25. The van der Waals surface area contributed by atoms with Gasteiger partial charge >= 0.3 is 0 Å². The number of carbonyl (C=O) groups is 1. The third-order valence-corrected chi connectivity index (χ3v) is 3.38. The Balaban J connectivity index is 2.57. The lowest BCUT2D eigenvalue weighted by molar-refractivity contribution is -0.131. The summed E-state index contributed by atoms with van der Waals surface area (Å²) >= 11 is 0. The summed E-state index contributed by atoms with van der Waals surface area (Å²) in [5.41, 5.74) is 7.85. The second-order valence-corrected chi connectivity index (χ2v) is 4.84. The summed E-state index contributed by atoms with van der Waals surface area (Å²) < 4.78 is 0. The SMILES string of the molecule is Cc1ccc(C(C)N(C)C(=O)CCCCN)cc1. The summed E-state index contributed by atoms with van der Waals surface area (Å²) in [5.74, 6) is 0.191. The molecule has 18 heavy (non-hydrogen) atoms. The first-order chi connectivity index (χ1) is 8.56. The number of aryl methyl sites for hydroxylation is 1. The highest BCUT2D eigenvalue weighted by molar-refractivity contribution is 5.76. The first-order valence-corrected chi connectivity index (χ1v) is 6.58. The number of hydrogen-bond acceptors (Lipinski definition) is 2. The van der Waals surface area contributed by atoms with Crippen molar-refractivity contribution in [3.05, 3.63) is 35.4 Å². The van der Waals surface area contributed by atoms with Gasteiger partial charge in [0.15, 0.2) is 0 Å². The molecular weight excluding hydrogens is 224 g/mol. The van der Waals surface area contributed by atoms with Crippen LogP contribution < -0.4 is 5.73 Å². The molecule has 0 aliphatic rings. The molecule has 0 saturated heterocycles. The Kier molecular flexibility index (Phi) is 5.86. The molecule has 0 fully saturated rings. The largest absolute Gasteiger partial charge is 0.339 e. The van der Waals surface area contributed by atoms with E-state index in [-0.39, 0.29) is 11.9 Å². The van der Waals surface area contributed by atoms with E-state index in [1.165, 1.54) is 11.1 Å². The van der Waals surface area contributed by atoms with Gasteiger partial charge in [-0.2, -0.15) is 0 Å². The van der Waals surface area contributed by atoms with Crippen LogP contribution in [-0.4, -0.2) is 24.4 Å². The molecule has 1 aromatic carbocycles. The molecule has 0 spiro atoms. The number of unbranched alkanes of at least 4 members (excludes halogenated alkanes) is 1. The molecule has 1 atom stereocenters. The van der Waals surface area contributed by atoms with E-state index in [0.717, 1.165) is 12.8 Å². The second-order valence-electron chi connectivity index (χ2n) is 4.84. The number of rotatable bonds is 6. The van der Waals surface area contributed by atoms with Crippen molar-refractivity contribution in [3.8, 4) is 0 Å². The van der Waals surface area contributed by atoms with Crippen molar-refractivity contribution in [3.63, 3.8) is 0 Å². The third kappa shape index (κ3) is 4.15. The standard InChI is InChI=1S/C15H24N2O/c1-12-7-9-14(10-8-12)13(2)17(3)15(18)6-4-5-11-16/h7-10,13H,4-6,11,16H2,1-3H3. The minimum absolute atomic E-state index is 0.121. The fraction of sp³-hybridized carbons (Fsp3) is 0.533. The molecule has 0 radical (unpaired) electrons. The topological polar surface area (TPSA) is 46.3 Å². The normalized spacial score (nSPS) is 12.2. The zero-order chi connectivity index (χ0) is 13.5. The van der Waals surface area contributed by atoms with E-state index in [1.807, 2.05) is 11.9 Å². The zero-order valence-corrected chi connectivity index (χ0v) is 11.6. The molecule has 0 aliphatic carbocycles. The third-order valence-electron chi connectivity index (χ3n) is 3.38. The molecule has 100 valence electrons. The van der Waals surface area contributed by atoms with Gasteiger partial charge in [0, 0.05) is 13.5 Å². The van der Waals surface area contributed by atoms with Crippen molar-refractivity contribution in [1.29, 1.82) is 0 Å². The van der Waals surface area contributed by atoms with Crippen LogP contribution >= 0.6 is 0 Å². The van der Waals surface area contributed by atoms with Gasteiger partial charge in [-0.25, -0.2) is 0 Å². The molecule has 3 nitrogen and oxygen atoms in total. The highest BCUT2D eigenvalue weighted by Crippen LogP contribution is 2.20. The summed E-state index contributed by atoms with van der Waals surface area (Å²) in [7, 11) is 1.87. The van der Waals surface area contributed by atoms with Crippen molar-refractivity contribution in [2.45, 2.75) is 39.2 Å². The van der Waals surface area contributed by atoms with Gasteiger partial charge in [0.25, 0.3) is 0 Å². The predicted octanol–water partition coefficient (Wildman–Crippen LogP) is 2.64. The van der Waals surface area contributed by atoms with Gasteiger partial charge in [-0.1, -0.05) is 29.8 Å². The maximum Gasteiger partial charge on any atom is 0.222 e. The first kappa shape index (κ1) is 14.7. The van der Waals surface area contributed by atoms with E-state index in [0.29, 0.717) is 13.0 Å². The van der Waals surface area contributed by atoms with Crippen LogP contribution in [0.25, 0.3) is 0 Å². The molecule has 1 amide bonds. The average Bonchev–Trinajstić information content (AvgIpc) is 2.38. The Morgan fingerprint density at radius 1 is 1.28 bits per heavy atom. The minimum atomic E-state index is 0.121. The molecular formula is C15H24N2O. The van der Waals surface area contributed by atoms with Crippen molar-refractivity contribution >= 4 is 5.91 Å². The summed E-state index contributed by atoms with van der Waals surface area (Å²) in [5, 5.41) is 0. The van der Waals surface area contributed by atoms with Crippen LogP contribution in [0.3, 0.4) is 0 Å². The Morgan fingerprint density at radius 3 is 2.44 bits per heavy atom. The van der Waals surface area contributed by atoms with Gasteiger partial charge in [0.1, 0.15) is 0 Å². The van der Waals surface area contributed by atoms with Gasteiger partial charge in [0.2, 0.25) is 5.91 Å². The Hall–Kier alpha value is -1.35. The summed E-state index contributed by atoms with van der Waals surface area (Å²) in [6.07, 6.45) is 2.38. The quantitative estimate of drug-likeness (QED) is 0.787. The van der Waals surface area contributed by atoms with E-state index in [2.05, 4.69) is 38.1 Å². The smallest absolute Gasteiger partial charge is 0.222 e. The number of nitrogens with two attached hydrogens (primary N) is 1. The van der Waals surface area contributed by atoms with Gasteiger partial charge in [-0.3, -0.25) is 4.79 Å². The molecule has 1 rings (SSSR count). The number of benzene rings is 1. The minimum Gasteiger partial charge on any atom is -0.339 e. The van der Waals surface area contributed by atoms with Crippen LogP contribution in [0, 0.1) is 6.92 Å². The molecule has 3 heteroatoms. The molecule has 0 heterocycles. The van der Waals surface area contributed by atoms with E-state index >= 15 is 0 Å². The number of amides is 1. The van der Waals surface area contributed by atoms with Crippen LogP contribution in [0.1, 0.15) is 43.4 Å². The van der Waals surface area contributed by atoms with Crippen LogP contribution in [0.15, 0.2) is 24.3 Å². The van der Waals surface area contributed by atoms with Crippen LogP contribution in [-0.2, 0) is 4.79 Å². The van der Waals surface area contributed by atoms with Crippen molar-refractivity contribution < 1.29 is 4.79 Å². The molecule has 0 saturated carbocycles. The van der Waals surface area contributed by atoms with E-state index in [9.17, 15) is 4.79 Å². The molecule has 2 N–H and O–H groups in total. The van der Waals surface area contributed by atoms with Gasteiger partial charge in [0.05, 0.1) is 6.04 Å². The van der Waals surface area contributed by atoms with Crippen molar-refractivity contribution in [2.75, 3.05) is 13.6 Å². The molecule has 1 aromatic rings. The van der Waals surface area contributed by atoms with E-state index < -0.39 is 0 Å². The summed E-state index contributed by atoms with van der Waals surface area (Å²) in [6.45, 7) is 4.78. The van der Waals surface area contributed by atoms with E-state index in [1.54, 1.807) is 0 Å². The highest BCUT2D eigenvalue weighted by Gasteiger charge is 2.16. The maximum atomic E-state index is 12.0. The zero-order valence-electron chi connectivity index (χ0n) is 11.6. The fourth-order valence-electron chi connectivity index (χ4n) is 1.88. The second kappa shape index (κ2) is 7.17. The average molecular weight is 248 g/mol.